The Balaban J connectivity index is 4.23. The first-order chi connectivity index (χ1) is 29.3. The second-order valence-corrected chi connectivity index (χ2v) is 18.7. The molecule has 60 heavy (non-hydrogen) atoms. The van der Waals surface area contributed by atoms with Crippen molar-refractivity contribution < 1.29 is 33.5 Å². The SMILES string of the molecule is CCCCCCCCC/C=C/CC/C=C/CC/C=C/C(O)C(COP(=O)(O)OCCN)NC(=O)CC(O)CCCCCCCCCCCCCCCCCCCCCCC. The summed E-state index contributed by atoms with van der Waals surface area (Å²) in [5, 5.41) is 24.1. The largest absolute Gasteiger partial charge is 0.472 e. The lowest BCUT2D eigenvalue weighted by atomic mass is 10.0. The minimum absolute atomic E-state index is 0.0430. The van der Waals surface area contributed by atoms with Gasteiger partial charge in [0, 0.05) is 6.54 Å². The predicted molar refractivity (Wildman–Crippen MR) is 255 cm³/mol. The Hall–Kier alpha value is -1.32. The van der Waals surface area contributed by atoms with Crippen molar-refractivity contribution >= 4 is 13.7 Å². The van der Waals surface area contributed by atoms with Gasteiger partial charge < -0.3 is 26.2 Å². The highest BCUT2D eigenvalue weighted by Crippen LogP contribution is 2.43. The van der Waals surface area contributed by atoms with E-state index in [1.807, 2.05) is 6.08 Å². The second-order valence-electron chi connectivity index (χ2n) is 17.2. The number of amides is 1. The average molecular weight is 869 g/mol. The molecule has 1 amide bonds. The fourth-order valence-corrected chi connectivity index (χ4v) is 8.20. The summed E-state index contributed by atoms with van der Waals surface area (Å²) in [7, 11) is -4.41. The summed E-state index contributed by atoms with van der Waals surface area (Å²) >= 11 is 0. The Morgan fingerprint density at radius 2 is 0.950 bits per heavy atom. The van der Waals surface area contributed by atoms with Crippen LogP contribution in [0.1, 0.15) is 239 Å². The molecule has 0 heterocycles. The van der Waals surface area contributed by atoms with E-state index in [1.165, 1.54) is 161 Å². The van der Waals surface area contributed by atoms with Crippen molar-refractivity contribution in [1.29, 1.82) is 0 Å². The van der Waals surface area contributed by atoms with E-state index < -0.39 is 38.6 Å². The Morgan fingerprint density at radius 3 is 1.38 bits per heavy atom. The molecule has 0 aliphatic rings. The van der Waals surface area contributed by atoms with Crippen LogP contribution in [0.2, 0.25) is 0 Å². The number of nitrogens with two attached hydrogens (primary N) is 1. The molecule has 0 saturated heterocycles. The maximum Gasteiger partial charge on any atom is 0.472 e. The number of aliphatic hydroxyl groups is 2. The van der Waals surface area contributed by atoms with Gasteiger partial charge in [-0.05, 0) is 44.9 Å². The maximum atomic E-state index is 12.9. The number of rotatable bonds is 47. The van der Waals surface area contributed by atoms with E-state index in [2.05, 4.69) is 43.5 Å². The van der Waals surface area contributed by atoms with Gasteiger partial charge in [-0.3, -0.25) is 13.8 Å². The molecule has 0 aromatic heterocycles. The van der Waals surface area contributed by atoms with Crippen LogP contribution in [0.5, 0.6) is 0 Å². The Bertz CT molecular complexity index is 1060. The average Bonchev–Trinajstić information content (AvgIpc) is 3.23. The smallest absolute Gasteiger partial charge is 0.393 e. The molecule has 0 aromatic rings. The molecule has 9 nitrogen and oxygen atoms in total. The number of carbonyl (C=O) groups is 1. The fraction of sp³-hybridized carbons (Fsp3) is 0.860. The summed E-state index contributed by atoms with van der Waals surface area (Å²) in [4.78, 5) is 22.8. The molecule has 6 N–H and O–H groups in total. The standard InChI is InChI=1S/C50H97N2O7P/c1-3-5-7-9-11-13-15-17-19-21-22-23-24-26-27-29-31-33-35-37-39-41-47(53)45-50(55)52-48(46-59-60(56,57)58-44-43-51)49(54)42-40-38-36-34-32-30-28-25-20-18-16-14-12-10-8-6-4-2/h20,25,32,34,40,42,47-49,53-54H,3-19,21-24,26-31,33,35-39,41,43-46,51H2,1-2H3,(H,52,55)(H,56,57)/b25-20+,34-32+,42-40+. The molecule has 0 spiro atoms. The first-order valence-corrected chi connectivity index (χ1v) is 26.7. The fourth-order valence-electron chi connectivity index (χ4n) is 7.44. The normalized spacial score (nSPS) is 14.7. The number of aliphatic hydroxyl groups excluding tert-OH is 2. The van der Waals surface area contributed by atoms with Crippen molar-refractivity contribution in [2.75, 3.05) is 19.8 Å². The second kappa shape index (κ2) is 45.7. The Morgan fingerprint density at radius 1 is 0.567 bits per heavy atom. The highest BCUT2D eigenvalue weighted by atomic mass is 31.2. The van der Waals surface area contributed by atoms with Gasteiger partial charge in [0.15, 0.2) is 0 Å². The number of phosphoric ester groups is 1. The zero-order chi connectivity index (χ0) is 44.0. The van der Waals surface area contributed by atoms with E-state index in [4.69, 9.17) is 14.8 Å². The van der Waals surface area contributed by atoms with Crippen LogP contribution in [0.4, 0.5) is 0 Å². The predicted octanol–water partition coefficient (Wildman–Crippen LogP) is 13.6. The molecule has 0 aromatic carbocycles. The highest BCUT2D eigenvalue weighted by Gasteiger charge is 2.27. The lowest BCUT2D eigenvalue weighted by Gasteiger charge is -2.24. The topological polar surface area (TPSA) is 151 Å². The highest BCUT2D eigenvalue weighted by molar-refractivity contribution is 7.47. The van der Waals surface area contributed by atoms with Gasteiger partial charge in [-0.1, -0.05) is 224 Å². The minimum Gasteiger partial charge on any atom is -0.393 e. The molecule has 0 radical (unpaired) electrons. The number of carbonyl (C=O) groups excluding carboxylic acids is 1. The molecule has 4 atom stereocenters. The summed E-state index contributed by atoms with van der Waals surface area (Å²) in [6.45, 7) is 3.96. The van der Waals surface area contributed by atoms with E-state index in [9.17, 15) is 24.5 Å². The van der Waals surface area contributed by atoms with E-state index in [1.54, 1.807) is 6.08 Å². The van der Waals surface area contributed by atoms with E-state index in [0.29, 0.717) is 12.8 Å². The molecular weight excluding hydrogens is 772 g/mol. The minimum atomic E-state index is -4.41. The lowest BCUT2D eigenvalue weighted by molar-refractivity contribution is -0.124. The van der Waals surface area contributed by atoms with Crippen LogP contribution in [0, 0.1) is 0 Å². The summed E-state index contributed by atoms with van der Waals surface area (Å²) < 4.78 is 22.1. The third-order valence-electron chi connectivity index (χ3n) is 11.3. The van der Waals surface area contributed by atoms with Gasteiger partial charge in [0.2, 0.25) is 5.91 Å². The van der Waals surface area contributed by atoms with Crippen molar-refractivity contribution in [3.63, 3.8) is 0 Å². The molecular formula is C50H97N2O7P. The molecule has 0 aliphatic carbocycles. The van der Waals surface area contributed by atoms with Crippen molar-refractivity contribution in [2.45, 2.75) is 257 Å². The molecule has 0 bridgehead atoms. The van der Waals surface area contributed by atoms with E-state index in [-0.39, 0.29) is 19.6 Å². The van der Waals surface area contributed by atoms with E-state index in [0.717, 1.165) is 44.9 Å². The molecule has 0 saturated carbocycles. The van der Waals surface area contributed by atoms with Crippen LogP contribution in [-0.4, -0.2) is 59.0 Å². The first kappa shape index (κ1) is 58.7. The zero-order valence-corrected chi connectivity index (χ0v) is 40.0. The number of phosphoric acid groups is 1. The van der Waals surface area contributed by atoms with Crippen LogP contribution < -0.4 is 11.1 Å². The van der Waals surface area contributed by atoms with Gasteiger partial charge in [0.1, 0.15) is 0 Å². The summed E-state index contributed by atoms with van der Waals surface area (Å²) in [6.07, 6.45) is 52.4. The number of unbranched alkanes of at least 4 members (excludes halogenated alkanes) is 29. The van der Waals surface area contributed by atoms with Gasteiger partial charge in [-0.2, -0.15) is 0 Å². The number of hydrogen-bond donors (Lipinski definition) is 5. The van der Waals surface area contributed by atoms with Crippen LogP contribution >= 0.6 is 7.82 Å². The van der Waals surface area contributed by atoms with Gasteiger partial charge in [-0.25, -0.2) is 4.57 Å². The summed E-state index contributed by atoms with van der Waals surface area (Å²) in [5.74, 6) is -0.456. The van der Waals surface area contributed by atoms with Crippen LogP contribution in [0.3, 0.4) is 0 Å². The molecule has 4 unspecified atom stereocenters. The van der Waals surface area contributed by atoms with Crippen LogP contribution in [0.25, 0.3) is 0 Å². The van der Waals surface area contributed by atoms with Crippen molar-refractivity contribution in [2.24, 2.45) is 5.73 Å². The molecule has 354 valence electrons. The Kier molecular flexibility index (Phi) is 44.7. The number of hydrogen-bond acceptors (Lipinski definition) is 7. The van der Waals surface area contributed by atoms with Crippen molar-refractivity contribution in [1.82, 2.24) is 5.32 Å². The van der Waals surface area contributed by atoms with Gasteiger partial charge in [-0.15, -0.1) is 0 Å². The first-order valence-electron chi connectivity index (χ1n) is 25.2. The molecule has 10 heteroatoms. The summed E-state index contributed by atoms with van der Waals surface area (Å²) in [6, 6.07) is -1.00. The van der Waals surface area contributed by atoms with Crippen molar-refractivity contribution in [3.05, 3.63) is 36.5 Å². The monoisotopic (exact) mass is 869 g/mol. The van der Waals surface area contributed by atoms with E-state index >= 15 is 0 Å². The Labute approximate surface area is 370 Å². The van der Waals surface area contributed by atoms with Gasteiger partial charge in [0.05, 0.1) is 37.9 Å². The third kappa shape index (κ3) is 43.3. The summed E-state index contributed by atoms with van der Waals surface area (Å²) in [5.41, 5.74) is 5.37. The van der Waals surface area contributed by atoms with Gasteiger partial charge in [0.25, 0.3) is 0 Å². The van der Waals surface area contributed by atoms with Crippen molar-refractivity contribution in [3.8, 4) is 0 Å². The zero-order valence-electron chi connectivity index (χ0n) is 39.1. The molecule has 0 fully saturated rings. The lowest BCUT2D eigenvalue weighted by Crippen LogP contribution is -2.46. The molecule has 0 aliphatic heterocycles. The van der Waals surface area contributed by atoms with Crippen LogP contribution in [-0.2, 0) is 18.4 Å². The number of nitrogens with one attached hydrogen (secondary N) is 1. The van der Waals surface area contributed by atoms with Gasteiger partial charge >= 0.3 is 7.82 Å². The molecule has 0 rings (SSSR count). The maximum absolute atomic E-state index is 12.9. The third-order valence-corrected chi connectivity index (χ3v) is 12.2. The number of allylic oxidation sites excluding steroid dienone is 5. The van der Waals surface area contributed by atoms with Crippen LogP contribution in [0.15, 0.2) is 36.5 Å². The quantitative estimate of drug-likeness (QED) is 0.0230.